The summed E-state index contributed by atoms with van der Waals surface area (Å²) in [7, 11) is 0. The summed E-state index contributed by atoms with van der Waals surface area (Å²) in [5.74, 6) is 1.22. The fourth-order valence-electron chi connectivity index (χ4n) is 1.69. The molecule has 0 N–H and O–H groups in total. The van der Waals surface area contributed by atoms with Gasteiger partial charge < -0.3 is 0 Å². The Labute approximate surface area is 101 Å². The van der Waals surface area contributed by atoms with Crippen LogP contribution in [0.1, 0.15) is 26.2 Å². The number of pyridine rings is 1. The van der Waals surface area contributed by atoms with Crippen molar-refractivity contribution in [3.05, 3.63) is 36.5 Å². The van der Waals surface area contributed by atoms with Gasteiger partial charge in [0.05, 0.1) is 5.52 Å². The second kappa shape index (κ2) is 5.90. The number of thioether (sulfide) groups is 1. The van der Waals surface area contributed by atoms with Crippen molar-refractivity contribution in [3.8, 4) is 0 Å². The smallest absolute Gasteiger partial charge is 0.0702 e. The Bertz CT molecular complexity index is 453. The molecule has 0 unspecified atom stereocenters. The Kier molecular flexibility index (Phi) is 4.23. The summed E-state index contributed by atoms with van der Waals surface area (Å²) in [6, 6.07) is 10.6. The van der Waals surface area contributed by atoms with E-state index in [-0.39, 0.29) is 0 Å². The van der Waals surface area contributed by atoms with Gasteiger partial charge in [-0.3, -0.25) is 4.98 Å². The van der Waals surface area contributed by atoms with Gasteiger partial charge in [0.15, 0.2) is 0 Å². The first-order valence-corrected chi connectivity index (χ1v) is 6.86. The molecule has 0 saturated heterocycles. The van der Waals surface area contributed by atoms with Crippen molar-refractivity contribution in [2.75, 3.05) is 5.75 Å². The Morgan fingerprint density at radius 3 is 3.00 bits per heavy atom. The zero-order valence-corrected chi connectivity index (χ0v) is 10.5. The third-order valence-electron chi connectivity index (χ3n) is 2.59. The molecule has 84 valence electrons. The van der Waals surface area contributed by atoms with E-state index >= 15 is 0 Å². The molecule has 1 aromatic heterocycles. The van der Waals surface area contributed by atoms with Crippen LogP contribution in [-0.4, -0.2) is 10.7 Å². The van der Waals surface area contributed by atoms with Gasteiger partial charge in [-0.2, -0.15) is 0 Å². The standard InChI is InChI=1S/C14H17NS/c1-2-3-4-10-16-13-7-8-14-12(11-13)6-5-9-15-14/h5-9,11H,2-4,10H2,1H3. The number of aromatic nitrogens is 1. The van der Waals surface area contributed by atoms with Crippen molar-refractivity contribution in [1.29, 1.82) is 0 Å². The average molecular weight is 231 g/mol. The van der Waals surface area contributed by atoms with E-state index in [9.17, 15) is 0 Å². The van der Waals surface area contributed by atoms with Crippen LogP contribution in [0.15, 0.2) is 41.4 Å². The van der Waals surface area contributed by atoms with Gasteiger partial charge >= 0.3 is 0 Å². The summed E-state index contributed by atoms with van der Waals surface area (Å²) in [6.45, 7) is 2.24. The predicted molar refractivity (Wildman–Crippen MR) is 72.0 cm³/mol. The first kappa shape index (κ1) is 11.5. The molecular formula is C14H17NS. The van der Waals surface area contributed by atoms with Crippen LogP contribution in [0.3, 0.4) is 0 Å². The minimum Gasteiger partial charge on any atom is -0.256 e. The van der Waals surface area contributed by atoms with Crippen molar-refractivity contribution >= 4 is 22.7 Å². The molecule has 0 aliphatic rings. The van der Waals surface area contributed by atoms with Crippen LogP contribution in [0.5, 0.6) is 0 Å². The van der Waals surface area contributed by atoms with E-state index in [0.29, 0.717) is 0 Å². The molecule has 1 aromatic carbocycles. The number of unbranched alkanes of at least 4 members (excludes halogenated alkanes) is 2. The molecule has 0 radical (unpaired) electrons. The molecular weight excluding hydrogens is 214 g/mol. The molecule has 0 spiro atoms. The van der Waals surface area contributed by atoms with Gasteiger partial charge in [-0.1, -0.05) is 25.8 Å². The molecule has 0 saturated carbocycles. The highest BCUT2D eigenvalue weighted by atomic mass is 32.2. The van der Waals surface area contributed by atoms with Gasteiger partial charge in [0.2, 0.25) is 0 Å². The monoisotopic (exact) mass is 231 g/mol. The van der Waals surface area contributed by atoms with Crippen molar-refractivity contribution < 1.29 is 0 Å². The highest BCUT2D eigenvalue weighted by Gasteiger charge is 1.97. The van der Waals surface area contributed by atoms with Crippen LogP contribution in [0.4, 0.5) is 0 Å². The molecule has 0 bridgehead atoms. The van der Waals surface area contributed by atoms with Crippen LogP contribution < -0.4 is 0 Å². The van der Waals surface area contributed by atoms with Crippen LogP contribution in [0.25, 0.3) is 10.9 Å². The second-order valence-electron chi connectivity index (χ2n) is 3.91. The molecule has 0 fully saturated rings. The Hall–Kier alpha value is -1.02. The molecule has 0 atom stereocenters. The lowest BCUT2D eigenvalue weighted by Gasteiger charge is -2.02. The zero-order valence-electron chi connectivity index (χ0n) is 9.65. The largest absolute Gasteiger partial charge is 0.256 e. The molecule has 2 rings (SSSR count). The Morgan fingerprint density at radius 2 is 2.12 bits per heavy atom. The van der Waals surface area contributed by atoms with Crippen molar-refractivity contribution in [2.24, 2.45) is 0 Å². The first-order chi connectivity index (χ1) is 7.90. The van der Waals surface area contributed by atoms with E-state index in [1.807, 2.05) is 24.0 Å². The lowest BCUT2D eigenvalue weighted by atomic mass is 10.2. The fraction of sp³-hybridized carbons (Fsp3) is 0.357. The van der Waals surface area contributed by atoms with Crippen LogP contribution >= 0.6 is 11.8 Å². The van der Waals surface area contributed by atoms with Gasteiger partial charge in [-0.05, 0) is 36.4 Å². The molecule has 0 aliphatic heterocycles. The minimum atomic E-state index is 1.08. The number of rotatable bonds is 5. The maximum absolute atomic E-state index is 4.32. The lowest BCUT2D eigenvalue weighted by Crippen LogP contribution is -1.82. The van der Waals surface area contributed by atoms with E-state index in [4.69, 9.17) is 0 Å². The van der Waals surface area contributed by atoms with Gasteiger partial charge in [-0.15, -0.1) is 11.8 Å². The van der Waals surface area contributed by atoms with Crippen LogP contribution in [0, 0.1) is 0 Å². The number of benzene rings is 1. The molecule has 0 amide bonds. The average Bonchev–Trinajstić information content (AvgIpc) is 2.34. The van der Waals surface area contributed by atoms with E-state index in [1.165, 1.54) is 35.3 Å². The predicted octanol–water partition coefficient (Wildman–Crippen LogP) is 4.52. The SMILES string of the molecule is CCCCCSc1ccc2ncccc2c1. The Morgan fingerprint density at radius 1 is 1.19 bits per heavy atom. The quantitative estimate of drug-likeness (QED) is 0.554. The lowest BCUT2D eigenvalue weighted by molar-refractivity contribution is 0.778. The number of nitrogens with zero attached hydrogens (tertiary/aromatic N) is 1. The summed E-state index contributed by atoms with van der Waals surface area (Å²) >= 11 is 1.95. The highest BCUT2D eigenvalue weighted by Crippen LogP contribution is 2.23. The maximum Gasteiger partial charge on any atom is 0.0702 e. The van der Waals surface area contributed by atoms with Crippen LogP contribution in [-0.2, 0) is 0 Å². The number of fused-ring (bicyclic) bond motifs is 1. The van der Waals surface area contributed by atoms with Crippen molar-refractivity contribution in [3.63, 3.8) is 0 Å². The summed E-state index contributed by atoms with van der Waals surface area (Å²) in [6.07, 6.45) is 5.78. The molecule has 2 heteroatoms. The first-order valence-electron chi connectivity index (χ1n) is 5.88. The molecule has 16 heavy (non-hydrogen) atoms. The summed E-state index contributed by atoms with van der Waals surface area (Å²) in [5.41, 5.74) is 1.08. The minimum absolute atomic E-state index is 1.08. The molecule has 1 nitrogen and oxygen atoms in total. The highest BCUT2D eigenvalue weighted by molar-refractivity contribution is 7.99. The molecule has 1 heterocycles. The third kappa shape index (κ3) is 2.99. The maximum atomic E-state index is 4.32. The van der Waals surface area contributed by atoms with Gasteiger partial charge in [0, 0.05) is 16.5 Å². The van der Waals surface area contributed by atoms with Crippen LogP contribution in [0.2, 0.25) is 0 Å². The van der Waals surface area contributed by atoms with E-state index < -0.39 is 0 Å². The van der Waals surface area contributed by atoms with Crippen molar-refractivity contribution in [2.45, 2.75) is 31.1 Å². The summed E-state index contributed by atoms with van der Waals surface area (Å²) in [4.78, 5) is 5.68. The normalized spacial score (nSPS) is 10.8. The summed E-state index contributed by atoms with van der Waals surface area (Å²) < 4.78 is 0. The number of hydrogen-bond acceptors (Lipinski definition) is 2. The number of hydrogen-bond donors (Lipinski definition) is 0. The zero-order chi connectivity index (χ0) is 11.2. The topological polar surface area (TPSA) is 12.9 Å². The van der Waals surface area contributed by atoms with E-state index in [2.05, 4.69) is 36.2 Å². The second-order valence-corrected chi connectivity index (χ2v) is 5.08. The van der Waals surface area contributed by atoms with Gasteiger partial charge in [0.1, 0.15) is 0 Å². The molecule has 2 aromatic rings. The van der Waals surface area contributed by atoms with Gasteiger partial charge in [0.25, 0.3) is 0 Å². The Balaban J connectivity index is 2.02. The summed E-state index contributed by atoms with van der Waals surface area (Å²) in [5, 5.41) is 1.24. The van der Waals surface area contributed by atoms with Crippen molar-refractivity contribution in [1.82, 2.24) is 4.98 Å². The fourth-order valence-corrected chi connectivity index (χ4v) is 2.64. The molecule has 0 aliphatic carbocycles. The van der Waals surface area contributed by atoms with E-state index in [0.717, 1.165) is 5.52 Å². The third-order valence-corrected chi connectivity index (χ3v) is 3.67. The van der Waals surface area contributed by atoms with Gasteiger partial charge in [-0.25, -0.2) is 0 Å². The van der Waals surface area contributed by atoms with E-state index in [1.54, 1.807) is 0 Å².